The van der Waals surface area contributed by atoms with Crippen molar-refractivity contribution in [1.82, 2.24) is 4.90 Å². The number of amidine groups is 1. The Kier molecular flexibility index (Phi) is 6.07. The molecule has 6 nitrogen and oxygen atoms in total. The molecule has 152 valence electrons. The molecular weight excluding hydrogens is 400 g/mol. The highest BCUT2D eigenvalue weighted by atomic mass is 32.2. The molecule has 0 bridgehead atoms. The summed E-state index contributed by atoms with van der Waals surface area (Å²) in [5.74, 6) is -1.65. The molecule has 0 spiro atoms. The second-order valence-corrected chi connectivity index (χ2v) is 8.09. The number of anilines is 1. The number of carbonyl (C=O) groups is 1. The van der Waals surface area contributed by atoms with Crippen molar-refractivity contribution in [3.8, 4) is 0 Å². The molecule has 29 heavy (non-hydrogen) atoms. The van der Waals surface area contributed by atoms with Crippen LogP contribution < -0.4 is 5.32 Å². The van der Waals surface area contributed by atoms with E-state index in [1.165, 1.54) is 30.3 Å². The van der Waals surface area contributed by atoms with Crippen molar-refractivity contribution in [1.29, 1.82) is 0 Å². The van der Waals surface area contributed by atoms with Crippen molar-refractivity contribution in [3.63, 3.8) is 0 Å². The molecule has 1 N–H and O–H groups in total. The van der Waals surface area contributed by atoms with Gasteiger partial charge in [-0.1, -0.05) is 6.07 Å². The Morgan fingerprint density at radius 2 is 1.79 bits per heavy atom. The molecule has 3 rings (SSSR count). The second-order valence-electron chi connectivity index (χ2n) is 6.49. The van der Waals surface area contributed by atoms with Gasteiger partial charge in [0.05, 0.1) is 4.90 Å². The molecule has 1 amide bonds. The Bertz CT molecular complexity index is 1060. The van der Waals surface area contributed by atoms with Gasteiger partial charge in [0.2, 0.25) is 5.91 Å². The Morgan fingerprint density at radius 1 is 1.14 bits per heavy atom. The number of hydrogen-bond donors (Lipinski definition) is 1. The number of amides is 1. The van der Waals surface area contributed by atoms with Crippen LogP contribution in [0, 0.1) is 11.6 Å². The molecule has 2 aromatic rings. The lowest BCUT2D eigenvalue weighted by Crippen LogP contribution is -2.20. The fourth-order valence-electron chi connectivity index (χ4n) is 2.82. The van der Waals surface area contributed by atoms with Gasteiger partial charge < -0.3 is 10.2 Å². The molecule has 0 atom stereocenters. The molecule has 2 aromatic carbocycles. The quantitative estimate of drug-likeness (QED) is 0.753. The van der Waals surface area contributed by atoms with Crippen LogP contribution in [0.25, 0.3) is 6.08 Å². The maximum Gasteiger partial charge on any atom is 0.283 e. The molecule has 0 aliphatic carbocycles. The Morgan fingerprint density at radius 3 is 2.38 bits per heavy atom. The van der Waals surface area contributed by atoms with E-state index < -0.39 is 27.6 Å². The van der Waals surface area contributed by atoms with E-state index in [1.54, 1.807) is 11.9 Å². The number of halogens is 2. The summed E-state index contributed by atoms with van der Waals surface area (Å²) in [6.07, 6.45) is 3.50. The Hall–Kier alpha value is -3.07. The molecule has 1 saturated heterocycles. The van der Waals surface area contributed by atoms with Gasteiger partial charge in [0, 0.05) is 37.3 Å². The van der Waals surface area contributed by atoms with Crippen LogP contribution in [0.4, 0.5) is 14.5 Å². The Labute approximate surface area is 167 Å². The van der Waals surface area contributed by atoms with Crippen molar-refractivity contribution in [2.75, 3.05) is 18.9 Å². The molecule has 1 aliphatic rings. The first-order valence-corrected chi connectivity index (χ1v) is 10.3. The third-order valence-electron chi connectivity index (χ3n) is 4.38. The highest BCUT2D eigenvalue weighted by molar-refractivity contribution is 7.90. The van der Waals surface area contributed by atoms with Gasteiger partial charge >= 0.3 is 0 Å². The fourth-order valence-corrected chi connectivity index (χ4v) is 3.92. The summed E-state index contributed by atoms with van der Waals surface area (Å²) in [6.45, 7) is 0.767. The van der Waals surface area contributed by atoms with E-state index in [-0.39, 0.29) is 10.5 Å². The van der Waals surface area contributed by atoms with Crippen LogP contribution in [0.2, 0.25) is 0 Å². The minimum Gasteiger partial charge on any atom is -0.362 e. The summed E-state index contributed by atoms with van der Waals surface area (Å²) >= 11 is 0. The zero-order chi connectivity index (χ0) is 21.0. The van der Waals surface area contributed by atoms with Crippen LogP contribution in [-0.4, -0.2) is 38.7 Å². The third-order valence-corrected chi connectivity index (χ3v) is 5.70. The maximum absolute atomic E-state index is 13.6. The summed E-state index contributed by atoms with van der Waals surface area (Å²) in [5.41, 5.74) is 0.0123. The maximum atomic E-state index is 13.6. The zero-order valence-corrected chi connectivity index (χ0v) is 16.4. The zero-order valence-electron chi connectivity index (χ0n) is 15.6. The summed E-state index contributed by atoms with van der Waals surface area (Å²) in [4.78, 5) is 13.8. The van der Waals surface area contributed by atoms with Crippen molar-refractivity contribution in [2.45, 2.75) is 17.7 Å². The second kappa shape index (κ2) is 8.52. The van der Waals surface area contributed by atoms with Gasteiger partial charge in [-0.2, -0.15) is 8.42 Å². The van der Waals surface area contributed by atoms with E-state index in [4.69, 9.17) is 0 Å². The monoisotopic (exact) mass is 419 g/mol. The van der Waals surface area contributed by atoms with Gasteiger partial charge in [-0.3, -0.25) is 4.79 Å². The number of carbonyl (C=O) groups excluding carboxylic acids is 1. The smallest absolute Gasteiger partial charge is 0.283 e. The van der Waals surface area contributed by atoms with Crippen LogP contribution in [0.1, 0.15) is 18.4 Å². The first kappa shape index (κ1) is 20.7. The first-order valence-electron chi connectivity index (χ1n) is 8.84. The lowest BCUT2D eigenvalue weighted by molar-refractivity contribution is -0.111. The topological polar surface area (TPSA) is 78.8 Å². The molecule has 1 heterocycles. The van der Waals surface area contributed by atoms with E-state index in [0.717, 1.165) is 37.3 Å². The van der Waals surface area contributed by atoms with Crippen LogP contribution in [0.5, 0.6) is 0 Å². The van der Waals surface area contributed by atoms with Gasteiger partial charge in [0.15, 0.2) is 0 Å². The molecule has 9 heteroatoms. The number of hydrogen-bond acceptors (Lipinski definition) is 3. The molecule has 0 unspecified atom stereocenters. The molecular formula is C20H19F2N3O3S. The molecule has 0 aromatic heterocycles. The van der Waals surface area contributed by atoms with E-state index in [2.05, 4.69) is 9.71 Å². The largest absolute Gasteiger partial charge is 0.362 e. The van der Waals surface area contributed by atoms with E-state index in [1.807, 2.05) is 0 Å². The van der Waals surface area contributed by atoms with Crippen molar-refractivity contribution in [2.24, 2.45) is 4.40 Å². The number of likely N-dealkylation sites (tertiary alicyclic amines) is 1. The number of nitrogens with zero attached hydrogens (tertiary/aromatic N) is 2. The van der Waals surface area contributed by atoms with Crippen LogP contribution >= 0.6 is 0 Å². The SMILES string of the molecule is CN1CCC/C1=N/S(=O)(=O)c1ccc(NC(=O)/C=C/c2c(F)cccc2F)cc1. The minimum atomic E-state index is -3.84. The third kappa shape index (κ3) is 5.05. The highest BCUT2D eigenvalue weighted by Crippen LogP contribution is 2.19. The van der Waals surface area contributed by atoms with Gasteiger partial charge in [-0.05, 0) is 48.9 Å². The van der Waals surface area contributed by atoms with Gasteiger partial charge in [-0.15, -0.1) is 4.40 Å². The summed E-state index contributed by atoms with van der Waals surface area (Å²) < 4.78 is 55.8. The lowest BCUT2D eigenvalue weighted by atomic mass is 10.2. The van der Waals surface area contributed by atoms with Crippen LogP contribution in [-0.2, 0) is 14.8 Å². The molecule has 1 aliphatic heterocycles. The van der Waals surface area contributed by atoms with Crippen molar-refractivity contribution in [3.05, 3.63) is 65.7 Å². The summed E-state index contributed by atoms with van der Waals surface area (Å²) in [7, 11) is -2.05. The van der Waals surface area contributed by atoms with E-state index in [0.29, 0.717) is 17.9 Å². The molecule has 0 saturated carbocycles. The number of benzene rings is 2. The van der Waals surface area contributed by atoms with Gasteiger partial charge in [-0.25, -0.2) is 8.78 Å². The first-order chi connectivity index (χ1) is 13.8. The molecule has 1 fully saturated rings. The predicted molar refractivity (Wildman–Crippen MR) is 107 cm³/mol. The van der Waals surface area contributed by atoms with Gasteiger partial charge in [0.1, 0.15) is 17.5 Å². The standard InChI is InChI=1S/C20H19F2N3O3S/c1-25-13-3-6-19(25)24-29(27,28)15-9-7-14(8-10-15)23-20(26)12-11-16-17(21)4-2-5-18(16)22/h2,4-5,7-12H,3,6,13H2,1H3,(H,23,26)/b12-11+,24-19-. The average Bonchev–Trinajstić information content (AvgIpc) is 3.06. The predicted octanol–water partition coefficient (Wildman–Crippen LogP) is 3.43. The Balaban J connectivity index is 1.69. The summed E-state index contributed by atoms with van der Waals surface area (Å²) in [6, 6.07) is 8.92. The van der Waals surface area contributed by atoms with Crippen molar-refractivity contribution < 1.29 is 22.0 Å². The highest BCUT2D eigenvalue weighted by Gasteiger charge is 2.20. The molecule has 0 radical (unpaired) electrons. The van der Waals surface area contributed by atoms with E-state index >= 15 is 0 Å². The van der Waals surface area contributed by atoms with Gasteiger partial charge in [0.25, 0.3) is 10.0 Å². The van der Waals surface area contributed by atoms with Crippen molar-refractivity contribution >= 4 is 33.5 Å². The number of rotatable bonds is 5. The number of sulfonamides is 1. The summed E-state index contributed by atoms with van der Waals surface area (Å²) in [5, 5.41) is 2.50. The average molecular weight is 419 g/mol. The van der Waals surface area contributed by atoms with Crippen LogP contribution in [0.3, 0.4) is 0 Å². The minimum absolute atomic E-state index is 0.00673. The number of nitrogens with one attached hydrogen (secondary N) is 1. The lowest BCUT2D eigenvalue weighted by Gasteiger charge is -2.11. The fraction of sp³-hybridized carbons (Fsp3) is 0.200. The normalized spacial score (nSPS) is 16.0. The van der Waals surface area contributed by atoms with Crippen LogP contribution in [0.15, 0.2) is 57.8 Å². The van der Waals surface area contributed by atoms with E-state index in [9.17, 15) is 22.0 Å².